The van der Waals surface area contributed by atoms with Crippen molar-refractivity contribution in [3.05, 3.63) is 88.8 Å². The Morgan fingerprint density at radius 2 is 1.93 bits per heavy atom. The van der Waals surface area contributed by atoms with Crippen LogP contribution in [0.3, 0.4) is 0 Å². The smallest absolute Gasteiger partial charge is 0.295 e. The van der Waals surface area contributed by atoms with E-state index in [0.29, 0.717) is 42.3 Å². The fourth-order valence-electron chi connectivity index (χ4n) is 5.42. The number of pyridine rings is 1. The molecule has 41 heavy (non-hydrogen) atoms. The molecular formula is C33H36N2O6. The first-order valence-corrected chi connectivity index (χ1v) is 14.3. The number of carbonyl (C=O) groups excluding carboxylic acids is 2. The highest BCUT2D eigenvalue weighted by Crippen LogP contribution is 2.43. The van der Waals surface area contributed by atoms with Crippen molar-refractivity contribution in [1.29, 1.82) is 0 Å². The van der Waals surface area contributed by atoms with Gasteiger partial charge in [-0.2, -0.15) is 0 Å². The first kappa shape index (κ1) is 28.2. The van der Waals surface area contributed by atoms with Gasteiger partial charge in [0.25, 0.3) is 11.7 Å². The molecule has 1 N–H and O–H groups in total. The minimum absolute atomic E-state index is 0.0323. The van der Waals surface area contributed by atoms with Gasteiger partial charge in [0.05, 0.1) is 24.8 Å². The number of ketones is 1. The number of rotatable bonds is 11. The van der Waals surface area contributed by atoms with Crippen LogP contribution in [0.25, 0.3) is 5.76 Å². The molecule has 0 bridgehead atoms. The molecule has 1 fully saturated rings. The average Bonchev–Trinajstić information content (AvgIpc) is 3.47. The van der Waals surface area contributed by atoms with Gasteiger partial charge >= 0.3 is 0 Å². The highest BCUT2D eigenvalue weighted by atomic mass is 16.5. The standard InChI is InChI=1S/C33H36N2O6/c1-4-6-7-15-40-27-13-10-23(18-28(27)39-5-2)30-29(31(36)24-11-12-26-25(17-24)16-21(3)41-26)32(37)33(38)35(30)20-22-9-8-14-34-19-22/h8-14,17-19,21,30,36H,4-7,15-16,20H2,1-3H3/b31-29+/t21-,30-/m0/s1. The first-order valence-electron chi connectivity index (χ1n) is 14.3. The van der Waals surface area contributed by atoms with Gasteiger partial charge in [0.15, 0.2) is 11.5 Å². The predicted octanol–water partition coefficient (Wildman–Crippen LogP) is 5.99. The number of likely N-dealkylation sites (tertiary alicyclic amines) is 1. The quantitative estimate of drug-likeness (QED) is 0.134. The summed E-state index contributed by atoms with van der Waals surface area (Å²) < 4.78 is 17.8. The van der Waals surface area contributed by atoms with E-state index in [-0.39, 0.29) is 24.0 Å². The van der Waals surface area contributed by atoms with Crippen LogP contribution >= 0.6 is 0 Å². The van der Waals surface area contributed by atoms with Crippen molar-refractivity contribution in [2.75, 3.05) is 13.2 Å². The van der Waals surface area contributed by atoms with E-state index in [1.54, 1.807) is 36.7 Å². The maximum absolute atomic E-state index is 13.6. The molecule has 0 radical (unpaired) electrons. The molecule has 1 saturated heterocycles. The lowest BCUT2D eigenvalue weighted by Gasteiger charge is -2.26. The zero-order valence-electron chi connectivity index (χ0n) is 23.8. The Kier molecular flexibility index (Phi) is 8.57. The average molecular weight is 557 g/mol. The molecule has 2 aliphatic rings. The molecule has 0 aliphatic carbocycles. The molecule has 1 aromatic heterocycles. The number of fused-ring (bicyclic) bond motifs is 1. The summed E-state index contributed by atoms with van der Waals surface area (Å²) in [7, 11) is 0. The summed E-state index contributed by atoms with van der Waals surface area (Å²) in [5, 5.41) is 11.6. The lowest BCUT2D eigenvalue weighted by Crippen LogP contribution is -2.29. The van der Waals surface area contributed by atoms with Crippen LogP contribution in [0.4, 0.5) is 0 Å². The number of hydrogen-bond acceptors (Lipinski definition) is 7. The van der Waals surface area contributed by atoms with Gasteiger partial charge in [0.1, 0.15) is 17.6 Å². The van der Waals surface area contributed by atoms with E-state index in [1.807, 2.05) is 38.1 Å². The molecule has 2 aliphatic heterocycles. The van der Waals surface area contributed by atoms with Gasteiger partial charge in [-0.05, 0) is 73.4 Å². The third-order valence-electron chi connectivity index (χ3n) is 7.37. The summed E-state index contributed by atoms with van der Waals surface area (Å²) in [6, 6.07) is 13.6. The Hall–Kier alpha value is -4.33. The van der Waals surface area contributed by atoms with Crippen molar-refractivity contribution in [2.24, 2.45) is 0 Å². The SMILES string of the molecule is CCCCCOc1ccc([C@H]2/C(=C(\O)c3ccc4c(c3)C[C@H](C)O4)C(=O)C(=O)N2Cc2cccnc2)cc1OCC. The van der Waals surface area contributed by atoms with E-state index < -0.39 is 17.7 Å². The minimum atomic E-state index is -0.841. The summed E-state index contributed by atoms with van der Waals surface area (Å²) in [5.74, 6) is 0.247. The Morgan fingerprint density at radius 3 is 2.68 bits per heavy atom. The van der Waals surface area contributed by atoms with E-state index in [2.05, 4.69) is 11.9 Å². The normalized spacial score (nSPS) is 19.2. The second kappa shape index (κ2) is 12.5. The Balaban J connectivity index is 1.59. The molecule has 2 aromatic carbocycles. The van der Waals surface area contributed by atoms with Crippen molar-refractivity contribution in [3.8, 4) is 17.2 Å². The van der Waals surface area contributed by atoms with E-state index >= 15 is 0 Å². The van der Waals surface area contributed by atoms with Crippen molar-refractivity contribution in [2.45, 2.75) is 65.1 Å². The fraction of sp³-hybridized carbons (Fsp3) is 0.364. The molecule has 0 spiro atoms. The van der Waals surface area contributed by atoms with Crippen molar-refractivity contribution >= 4 is 17.4 Å². The van der Waals surface area contributed by atoms with Gasteiger partial charge < -0.3 is 24.2 Å². The van der Waals surface area contributed by atoms with Crippen molar-refractivity contribution in [3.63, 3.8) is 0 Å². The van der Waals surface area contributed by atoms with Gasteiger partial charge in [0.2, 0.25) is 0 Å². The third kappa shape index (κ3) is 5.92. The van der Waals surface area contributed by atoms with Crippen LogP contribution in [-0.2, 0) is 22.6 Å². The second-order valence-corrected chi connectivity index (χ2v) is 10.4. The molecule has 0 saturated carbocycles. The summed E-state index contributed by atoms with van der Waals surface area (Å²) >= 11 is 0. The highest BCUT2D eigenvalue weighted by molar-refractivity contribution is 6.46. The zero-order valence-corrected chi connectivity index (χ0v) is 23.8. The number of Topliss-reactive ketones (excluding diaryl/α,β-unsaturated/α-hetero) is 1. The summed E-state index contributed by atoms with van der Waals surface area (Å²) in [6.45, 7) is 7.14. The topological polar surface area (TPSA) is 98.2 Å². The largest absolute Gasteiger partial charge is 0.507 e. The summed E-state index contributed by atoms with van der Waals surface area (Å²) in [6.07, 6.45) is 7.14. The van der Waals surface area contributed by atoms with Crippen LogP contribution in [0.1, 0.15) is 68.3 Å². The van der Waals surface area contributed by atoms with Gasteiger partial charge in [0, 0.05) is 30.9 Å². The number of amides is 1. The van der Waals surface area contributed by atoms with Crippen LogP contribution in [0.2, 0.25) is 0 Å². The Labute approximate surface area is 240 Å². The zero-order chi connectivity index (χ0) is 28.9. The lowest BCUT2D eigenvalue weighted by atomic mass is 9.94. The molecular weight excluding hydrogens is 520 g/mol. The number of unbranched alkanes of at least 4 members (excludes halogenated alkanes) is 2. The number of hydrogen-bond donors (Lipinski definition) is 1. The van der Waals surface area contributed by atoms with Gasteiger partial charge in [-0.1, -0.05) is 31.9 Å². The number of benzene rings is 2. The Bertz CT molecular complexity index is 1450. The van der Waals surface area contributed by atoms with E-state index in [4.69, 9.17) is 14.2 Å². The molecule has 3 aromatic rings. The highest BCUT2D eigenvalue weighted by Gasteiger charge is 2.46. The molecule has 1 amide bonds. The molecule has 214 valence electrons. The van der Waals surface area contributed by atoms with Crippen molar-refractivity contribution in [1.82, 2.24) is 9.88 Å². The fourth-order valence-corrected chi connectivity index (χ4v) is 5.42. The monoisotopic (exact) mass is 556 g/mol. The minimum Gasteiger partial charge on any atom is -0.507 e. The number of aliphatic hydroxyl groups excluding tert-OH is 1. The molecule has 0 unspecified atom stereocenters. The first-order chi connectivity index (χ1) is 19.9. The molecule has 5 rings (SSSR count). The molecule has 3 heterocycles. The van der Waals surface area contributed by atoms with Crippen LogP contribution < -0.4 is 14.2 Å². The van der Waals surface area contributed by atoms with Crippen molar-refractivity contribution < 1.29 is 28.9 Å². The van der Waals surface area contributed by atoms with Gasteiger partial charge in [-0.15, -0.1) is 0 Å². The summed E-state index contributed by atoms with van der Waals surface area (Å²) in [4.78, 5) is 32.7. The van der Waals surface area contributed by atoms with Crippen LogP contribution in [0.5, 0.6) is 17.2 Å². The van der Waals surface area contributed by atoms with Gasteiger partial charge in [-0.3, -0.25) is 14.6 Å². The van der Waals surface area contributed by atoms with Crippen LogP contribution in [-0.4, -0.2) is 46.0 Å². The number of ether oxygens (including phenoxy) is 3. The number of aromatic nitrogens is 1. The lowest BCUT2D eigenvalue weighted by molar-refractivity contribution is -0.140. The van der Waals surface area contributed by atoms with E-state index in [1.165, 1.54) is 4.90 Å². The molecule has 8 heteroatoms. The Morgan fingerprint density at radius 1 is 1.07 bits per heavy atom. The van der Waals surface area contributed by atoms with E-state index in [0.717, 1.165) is 36.1 Å². The number of aliphatic hydroxyl groups is 1. The number of nitrogens with zero attached hydrogens (tertiary/aromatic N) is 2. The predicted molar refractivity (Wildman–Crippen MR) is 155 cm³/mol. The van der Waals surface area contributed by atoms with Crippen LogP contribution in [0.15, 0.2) is 66.5 Å². The van der Waals surface area contributed by atoms with E-state index in [9.17, 15) is 14.7 Å². The second-order valence-electron chi connectivity index (χ2n) is 10.4. The molecule has 8 nitrogen and oxygen atoms in total. The number of carbonyl (C=O) groups is 2. The molecule has 2 atom stereocenters. The maximum Gasteiger partial charge on any atom is 0.295 e. The van der Waals surface area contributed by atoms with Crippen LogP contribution in [0, 0.1) is 0 Å². The third-order valence-corrected chi connectivity index (χ3v) is 7.37. The summed E-state index contributed by atoms with van der Waals surface area (Å²) in [5.41, 5.74) is 2.85. The van der Waals surface area contributed by atoms with Gasteiger partial charge in [-0.25, -0.2) is 0 Å². The maximum atomic E-state index is 13.6.